The highest BCUT2D eigenvalue weighted by Crippen LogP contribution is 2.41. The van der Waals surface area contributed by atoms with Gasteiger partial charge in [0.05, 0.1) is 41.6 Å². The van der Waals surface area contributed by atoms with Gasteiger partial charge in [0.25, 0.3) is 5.91 Å². The van der Waals surface area contributed by atoms with Crippen LogP contribution in [0.2, 0.25) is 0 Å². The predicted molar refractivity (Wildman–Crippen MR) is 157 cm³/mol. The van der Waals surface area contributed by atoms with Crippen molar-refractivity contribution in [3.63, 3.8) is 0 Å². The SMILES string of the molecule is Cc1cc2cc(n1)-c1cnn(C)c1OCCCC(C1CC1)Cn1c(nc3ccc(NC(=O)CN(C)C)cc31)NC2=O. The lowest BCUT2D eigenvalue weighted by molar-refractivity contribution is -0.116. The first-order valence-corrected chi connectivity index (χ1v) is 14.1. The fourth-order valence-electron chi connectivity index (χ4n) is 5.65. The van der Waals surface area contributed by atoms with Crippen LogP contribution in [-0.4, -0.2) is 68.3 Å². The number of fused-ring (bicyclic) bond motifs is 7. The van der Waals surface area contributed by atoms with Crippen LogP contribution >= 0.6 is 0 Å². The summed E-state index contributed by atoms with van der Waals surface area (Å²) in [5.74, 6) is 1.82. The smallest absolute Gasteiger partial charge is 0.258 e. The number of benzene rings is 1. The molecule has 3 aromatic heterocycles. The molecule has 11 heteroatoms. The van der Waals surface area contributed by atoms with Gasteiger partial charge in [0.2, 0.25) is 17.7 Å². The zero-order chi connectivity index (χ0) is 28.7. The van der Waals surface area contributed by atoms with E-state index in [2.05, 4.69) is 25.3 Å². The number of likely N-dealkylation sites (N-methyl/N-ethyl adjacent to an activating group) is 1. The van der Waals surface area contributed by atoms with Crippen molar-refractivity contribution in [3.8, 4) is 17.1 Å². The van der Waals surface area contributed by atoms with Crippen LogP contribution in [0, 0.1) is 18.8 Å². The summed E-state index contributed by atoms with van der Waals surface area (Å²) in [6, 6.07) is 9.23. The van der Waals surface area contributed by atoms with Gasteiger partial charge in [0.1, 0.15) is 0 Å². The molecule has 2 amide bonds. The highest BCUT2D eigenvalue weighted by molar-refractivity contribution is 6.05. The predicted octanol–water partition coefficient (Wildman–Crippen LogP) is 4.09. The third-order valence-corrected chi connectivity index (χ3v) is 7.76. The molecular weight excluding hydrogens is 520 g/mol. The molecule has 0 spiro atoms. The summed E-state index contributed by atoms with van der Waals surface area (Å²) in [7, 11) is 5.57. The summed E-state index contributed by atoms with van der Waals surface area (Å²) in [5, 5.41) is 10.5. The molecule has 1 atom stereocenters. The molecule has 0 radical (unpaired) electrons. The highest BCUT2D eigenvalue weighted by atomic mass is 16.5. The van der Waals surface area contributed by atoms with E-state index in [1.807, 2.05) is 51.2 Å². The minimum Gasteiger partial charge on any atom is -0.477 e. The third kappa shape index (κ3) is 5.81. The number of carbonyl (C=O) groups is 2. The molecule has 2 N–H and O–H groups in total. The van der Waals surface area contributed by atoms with Gasteiger partial charge in [-0.15, -0.1) is 0 Å². The second-order valence-corrected chi connectivity index (χ2v) is 11.4. The van der Waals surface area contributed by atoms with Crippen molar-refractivity contribution in [2.24, 2.45) is 18.9 Å². The molecular formula is C30H36N8O3. The van der Waals surface area contributed by atoms with Crippen molar-refractivity contribution in [1.82, 2.24) is 29.2 Å². The van der Waals surface area contributed by atoms with Crippen molar-refractivity contribution >= 4 is 34.5 Å². The second-order valence-electron chi connectivity index (χ2n) is 11.4. The number of amides is 2. The molecule has 1 fully saturated rings. The molecule has 6 rings (SSSR count). The maximum atomic E-state index is 13.7. The molecule has 11 nitrogen and oxygen atoms in total. The summed E-state index contributed by atoms with van der Waals surface area (Å²) in [4.78, 5) is 37.5. The lowest BCUT2D eigenvalue weighted by Crippen LogP contribution is -2.27. The number of imidazole rings is 1. The van der Waals surface area contributed by atoms with Gasteiger partial charge in [-0.2, -0.15) is 5.10 Å². The first kappa shape index (κ1) is 26.9. The maximum absolute atomic E-state index is 13.7. The molecule has 4 heterocycles. The van der Waals surface area contributed by atoms with E-state index < -0.39 is 0 Å². The number of nitrogens with zero attached hydrogens (tertiary/aromatic N) is 6. The van der Waals surface area contributed by atoms with E-state index in [9.17, 15) is 9.59 Å². The fraction of sp³-hybridized carbons (Fsp3) is 0.433. The van der Waals surface area contributed by atoms with Crippen molar-refractivity contribution < 1.29 is 14.3 Å². The van der Waals surface area contributed by atoms with Crippen molar-refractivity contribution in [3.05, 3.63) is 47.8 Å². The maximum Gasteiger partial charge on any atom is 0.258 e. The van der Waals surface area contributed by atoms with Crippen LogP contribution in [0.25, 0.3) is 22.3 Å². The first-order valence-electron chi connectivity index (χ1n) is 14.1. The third-order valence-electron chi connectivity index (χ3n) is 7.76. The van der Waals surface area contributed by atoms with Crippen LogP contribution < -0.4 is 15.4 Å². The average molecular weight is 557 g/mol. The Labute approximate surface area is 238 Å². The van der Waals surface area contributed by atoms with Crippen molar-refractivity contribution in [2.45, 2.75) is 39.2 Å². The normalized spacial score (nSPS) is 17.7. The zero-order valence-corrected chi connectivity index (χ0v) is 24.0. The number of carbonyl (C=O) groups excluding carboxylic acids is 2. The summed E-state index contributed by atoms with van der Waals surface area (Å²) in [6.45, 7) is 3.43. The van der Waals surface area contributed by atoms with Crippen LogP contribution in [0.4, 0.5) is 11.6 Å². The lowest BCUT2D eigenvalue weighted by atomic mass is 9.97. The van der Waals surface area contributed by atoms with Crippen molar-refractivity contribution in [1.29, 1.82) is 0 Å². The Morgan fingerprint density at radius 3 is 2.76 bits per heavy atom. The van der Waals surface area contributed by atoms with Gasteiger partial charge in [-0.25, -0.2) is 9.67 Å². The van der Waals surface area contributed by atoms with Gasteiger partial charge in [-0.3, -0.25) is 19.9 Å². The van der Waals surface area contributed by atoms with E-state index in [1.165, 1.54) is 12.8 Å². The molecule has 2 bridgehead atoms. The molecule has 2 aliphatic rings. The number of nitrogens with one attached hydrogen (secondary N) is 2. The van der Waals surface area contributed by atoms with Crippen LogP contribution in [0.3, 0.4) is 0 Å². The monoisotopic (exact) mass is 556 g/mol. The lowest BCUT2D eigenvalue weighted by Gasteiger charge is -2.20. The van der Waals surface area contributed by atoms with Gasteiger partial charge < -0.3 is 19.5 Å². The van der Waals surface area contributed by atoms with Crippen LogP contribution in [0.5, 0.6) is 5.88 Å². The summed E-state index contributed by atoms with van der Waals surface area (Å²) in [5.41, 5.74) is 4.92. The largest absolute Gasteiger partial charge is 0.477 e. The highest BCUT2D eigenvalue weighted by Gasteiger charge is 2.32. The number of pyridine rings is 1. The van der Waals surface area contributed by atoms with Gasteiger partial charge in [0.15, 0.2) is 0 Å². The van der Waals surface area contributed by atoms with E-state index in [0.29, 0.717) is 59.5 Å². The Kier molecular flexibility index (Phi) is 7.21. The second kappa shape index (κ2) is 11.0. The van der Waals surface area contributed by atoms with E-state index in [1.54, 1.807) is 23.0 Å². The zero-order valence-electron chi connectivity index (χ0n) is 24.0. The van der Waals surface area contributed by atoms with E-state index in [4.69, 9.17) is 9.72 Å². The Morgan fingerprint density at radius 1 is 1.15 bits per heavy atom. The van der Waals surface area contributed by atoms with E-state index >= 15 is 0 Å². The molecule has 1 unspecified atom stereocenters. The minimum absolute atomic E-state index is 0.0876. The van der Waals surface area contributed by atoms with Gasteiger partial charge in [-0.1, -0.05) is 0 Å². The van der Waals surface area contributed by atoms with Crippen molar-refractivity contribution in [2.75, 3.05) is 37.9 Å². The Hall–Kier alpha value is -4.25. The Bertz CT molecular complexity index is 1620. The summed E-state index contributed by atoms with van der Waals surface area (Å²) < 4.78 is 10.1. The number of hydrogen-bond donors (Lipinski definition) is 2. The Morgan fingerprint density at radius 2 is 1.98 bits per heavy atom. The topological polar surface area (TPSA) is 119 Å². The number of aromatic nitrogens is 5. The Balaban J connectivity index is 1.41. The number of hydrogen-bond acceptors (Lipinski definition) is 7. The van der Waals surface area contributed by atoms with E-state index in [-0.39, 0.29) is 18.4 Å². The molecule has 214 valence electrons. The van der Waals surface area contributed by atoms with Gasteiger partial charge in [0, 0.05) is 30.5 Å². The fourth-order valence-corrected chi connectivity index (χ4v) is 5.65. The molecule has 4 aromatic rings. The minimum atomic E-state index is -0.267. The first-order chi connectivity index (χ1) is 19.7. The molecule has 41 heavy (non-hydrogen) atoms. The van der Waals surface area contributed by atoms with Gasteiger partial charge in [-0.05, 0) is 88.9 Å². The molecule has 1 aliphatic heterocycles. The van der Waals surface area contributed by atoms with E-state index in [0.717, 1.165) is 29.4 Å². The standard InChI is InChI=1S/C30H36N8O3/c1-18-12-21-13-25(32-18)23-15-31-37(4)29(23)41-11-5-6-20(19-7-8-19)16-38-26-14-22(33-27(39)17-36(2)3)9-10-24(26)34-30(38)35-28(21)40/h9-10,12-15,19-20H,5-8,11,16-17H2,1-4H3,(H,33,39)(H,34,35,40). The van der Waals surface area contributed by atoms with Crippen LogP contribution in [0.15, 0.2) is 36.5 Å². The molecule has 0 saturated heterocycles. The number of ether oxygens (including phenoxy) is 1. The number of anilines is 2. The van der Waals surface area contributed by atoms with Crippen LogP contribution in [0.1, 0.15) is 41.7 Å². The summed E-state index contributed by atoms with van der Waals surface area (Å²) in [6.07, 6.45) is 6.01. The molecule has 1 saturated carbocycles. The van der Waals surface area contributed by atoms with Crippen LogP contribution in [-0.2, 0) is 18.4 Å². The van der Waals surface area contributed by atoms with Gasteiger partial charge >= 0.3 is 0 Å². The molecule has 1 aliphatic carbocycles. The number of rotatable bonds is 4. The molecule has 1 aromatic carbocycles. The average Bonchev–Trinajstić information content (AvgIpc) is 3.62. The quantitative estimate of drug-likeness (QED) is 0.389. The summed E-state index contributed by atoms with van der Waals surface area (Å²) >= 11 is 0. The number of aryl methyl sites for hydroxylation is 2.